The molecule has 16 heavy (non-hydrogen) atoms. The van der Waals surface area contributed by atoms with E-state index in [0.29, 0.717) is 12.4 Å². The summed E-state index contributed by atoms with van der Waals surface area (Å²) in [5.74, 6) is 0.474. The lowest BCUT2D eigenvalue weighted by atomic mass is 10.2. The van der Waals surface area contributed by atoms with E-state index in [1.54, 1.807) is 0 Å². The van der Waals surface area contributed by atoms with Gasteiger partial charge in [0.2, 0.25) is 0 Å². The van der Waals surface area contributed by atoms with Crippen LogP contribution >= 0.6 is 22.6 Å². The second-order valence-electron chi connectivity index (χ2n) is 3.20. The summed E-state index contributed by atoms with van der Waals surface area (Å²) < 4.78 is 6.61. The smallest absolute Gasteiger partial charge is 0.267 e. The summed E-state index contributed by atoms with van der Waals surface area (Å²) in [6.07, 6.45) is 1.48. The molecule has 82 valence electrons. The first-order valence-corrected chi connectivity index (χ1v) is 5.74. The number of rotatable bonds is 3. The van der Waals surface area contributed by atoms with E-state index in [0.717, 1.165) is 5.56 Å². The van der Waals surface area contributed by atoms with E-state index in [1.807, 2.05) is 24.3 Å². The van der Waals surface area contributed by atoms with E-state index >= 15 is 0 Å². The van der Waals surface area contributed by atoms with Crippen molar-refractivity contribution in [2.24, 2.45) is 0 Å². The van der Waals surface area contributed by atoms with Crippen LogP contribution in [0.15, 0.2) is 41.3 Å². The van der Waals surface area contributed by atoms with Gasteiger partial charge in [-0.05, 0) is 40.3 Å². The minimum absolute atomic E-state index is 0.264. The molecule has 4 nitrogen and oxygen atoms in total. The van der Waals surface area contributed by atoms with Crippen molar-refractivity contribution in [3.05, 3.63) is 56.0 Å². The highest BCUT2D eigenvalue weighted by atomic mass is 127. The summed E-state index contributed by atoms with van der Waals surface area (Å²) >= 11 is 2.24. The molecule has 0 saturated carbocycles. The maximum Gasteiger partial charge on any atom is 0.267 e. The molecular weight excluding hydrogens is 319 g/mol. The predicted molar refractivity (Wildman–Crippen MR) is 68.3 cm³/mol. The Balaban J connectivity index is 2.02. The van der Waals surface area contributed by atoms with E-state index in [4.69, 9.17) is 4.74 Å². The summed E-state index contributed by atoms with van der Waals surface area (Å²) in [6, 6.07) is 9.37. The van der Waals surface area contributed by atoms with Crippen LogP contribution in [0.3, 0.4) is 0 Å². The van der Waals surface area contributed by atoms with Crippen molar-refractivity contribution < 1.29 is 4.74 Å². The van der Waals surface area contributed by atoms with Gasteiger partial charge in [0.15, 0.2) is 0 Å². The molecule has 0 spiro atoms. The standard InChI is InChI=1S/C11H9IN2O2/c12-9-3-1-8(2-4-9)7-16-10-5-11(15)14-13-6-10/h1-6H,7H2,(H,14,15). The summed E-state index contributed by atoms with van der Waals surface area (Å²) in [6.45, 7) is 0.433. The number of aromatic nitrogens is 2. The molecule has 0 saturated heterocycles. The first-order valence-electron chi connectivity index (χ1n) is 4.66. The minimum atomic E-state index is -0.264. The van der Waals surface area contributed by atoms with Crippen molar-refractivity contribution >= 4 is 22.6 Å². The molecule has 2 rings (SSSR count). The van der Waals surface area contributed by atoms with E-state index in [-0.39, 0.29) is 5.56 Å². The number of H-pyrrole nitrogens is 1. The van der Waals surface area contributed by atoms with E-state index in [2.05, 4.69) is 32.8 Å². The van der Waals surface area contributed by atoms with Crippen molar-refractivity contribution in [3.8, 4) is 5.75 Å². The summed E-state index contributed by atoms with van der Waals surface area (Å²) in [4.78, 5) is 10.9. The Hall–Kier alpha value is -1.37. The fraction of sp³-hybridized carbons (Fsp3) is 0.0909. The fourth-order valence-corrected chi connectivity index (χ4v) is 1.54. The topological polar surface area (TPSA) is 55.0 Å². The van der Waals surface area contributed by atoms with E-state index < -0.39 is 0 Å². The molecule has 2 aromatic rings. The monoisotopic (exact) mass is 328 g/mol. The average Bonchev–Trinajstić information content (AvgIpc) is 2.28. The Morgan fingerprint density at radius 1 is 1.31 bits per heavy atom. The largest absolute Gasteiger partial charge is 0.487 e. The Kier molecular flexibility index (Phi) is 3.55. The molecular formula is C11H9IN2O2. The number of nitrogens with one attached hydrogen (secondary N) is 1. The number of hydrogen-bond acceptors (Lipinski definition) is 3. The number of aromatic amines is 1. The number of benzene rings is 1. The van der Waals surface area contributed by atoms with Gasteiger partial charge in [0.05, 0.1) is 6.20 Å². The highest BCUT2D eigenvalue weighted by Crippen LogP contribution is 2.10. The highest BCUT2D eigenvalue weighted by molar-refractivity contribution is 14.1. The van der Waals surface area contributed by atoms with Crippen molar-refractivity contribution in [3.63, 3.8) is 0 Å². The van der Waals surface area contributed by atoms with Gasteiger partial charge in [-0.2, -0.15) is 5.10 Å². The van der Waals surface area contributed by atoms with Crippen LogP contribution in [0.5, 0.6) is 5.75 Å². The van der Waals surface area contributed by atoms with Crippen molar-refractivity contribution in [1.29, 1.82) is 0 Å². The van der Waals surface area contributed by atoms with Crippen LogP contribution < -0.4 is 10.3 Å². The van der Waals surface area contributed by atoms with Crippen LogP contribution in [0.1, 0.15) is 5.56 Å². The molecule has 0 unspecified atom stereocenters. The van der Waals surface area contributed by atoms with Crippen molar-refractivity contribution in [2.45, 2.75) is 6.61 Å². The third-order valence-electron chi connectivity index (χ3n) is 1.96. The number of halogens is 1. The number of ether oxygens (including phenoxy) is 1. The van der Waals surface area contributed by atoms with Crippen LogP contribution in [-0.2, 0) is 6.61 Å². The van der Waals surface area contributed by atoms with Gasteiger partial charge >= 0.3 is 0 Å². The SMILES string of the molecule is O=c1cc(OCc2ccc(I)cc2)cn[nH]1. The first kappa shape index (κ1) is 11.1. The summed E-state index contributed by atoms with van der Waals surface area (Å²) in [5, 5.41) is 5.94. The van der Waals surface area contributed by atoms with E-state index in [1.165, 1.54) is 15.8 Å². The van der Waals surface area contributed by atoms with Gasteiger partial charge in [0, 0.05) is 9.64 Å². The maximum atomic E-state index is 10.9. The van der Waals surface area contributed by atoms with Crippen LogP contribution in [-0.4, -0.2) is 10.2 Å². The molecule has 0 fully saturated rings. The normalized spacial score (nSPS) is 10.1. The molecule has 5 heteroatoms. The van der Waals surface area contributed by atoms with Crippen molar-refractivity contribution in [2.75, 3.05) is 0 Å². The van der Waals surface area contributed by atoms with Crippen molar-refractivity contribution in [1.82, 2.24) is 10.2 Å². The molecule has 1 aromatic heterocycles. The Morgan fingerprint density at radius 3 is 2.75 bits per heavy atom. The molecule has 0 bridgehead atoms. The second kappa shape index (κ2) is 5.11. The molecule has 1 heterocycles. The minimum Gasteiger partial charge on any atom is -0.487 e. The van der Waals surface area contributed by atoms with Gasteiger partial charge in [0.1, 0.15) is 12.4 Å². The van der Waals surface area contributed by atoms with Crippen LogP contribution in [0.25, 0.3) is 0 Å². The Bertz CT molecular complexity index is 522. The number of nitrogens with zero attached hydrogens (tertiary/aromatic N) is 1. The summed E-state index contributed by atoms with van der Waals surface area (Å²) in [7, 11) is 0. The second-order valence-corrected chi connectivity index (χ2v) is 4.44. The Morgan fingerprint density at radius 2 is 2.06 bits per heavy atom. The van der Waals surface area contributed by atoms with Gasteiger partial charge < -0.3 is 4.74 Å². The maximum absolute atomic E-state index is 10.9. The molecule has 0 aliphatic carbocycles. The zero-order valence-corrected chi connectivity index (χ0v) is 10.5. The fourth-order valence-electron chi connectivity index (χ4n) is 1.18. The molecule has 0 aliphatic heterocycles. The summed E-state index contributed by atoms with van der Waals surface area (Å²) in [5.41, 5.74) is 0.792. The third-order valence-corrected chi connectivity index (χ3v) is 2.68. The first-order chi connectivity index (χ1) is 7.74. The quantitative estimate of drug-likeness (QED) is 0.877. The van der Waals surface area contributed by atoms with Gasteiger partial charge in [-0.3, -0.25) is 4.79 Å². The van der Waals surface area contributed by atoms with Crippen LogP contribution in [0.2, 0.25) is 0 Å². The van der Waals surface area contributed by atoms with Gasteiger partial charge in [-0.1, -0.05) is 12.1 Å². The lowest BCUT2D eigenvalue weighted by Gasteiger charge is -2.04. The van der Waals surface area contributed by atoms with Gasteiger partial charge in [0.25, 0.3) is 5.56 Å². The van der Waals surface area contributed by atoms with Crippen LogP contribution in [0.4, 0.5) is 0 Å². The molecule has 1 aromatic carbocycles. The third kappa shape index (κ3) is 3.06. The lowest BCUT2D eigenvalue weighted by molar-refractivity contribution is 0.304. The number of hydrogen-bond donors (Lipinski definition) is 1. The molecule has 0 radical (unpaired) electrons. The zero-order valence-electron chi connectivity index (χ0n) is 8.31. The lowest BCUT2D eigenvalue weighted by Crippen LogP contribution is -2.07. The molecule has 1 N–H and O–H groups in total. The average molecular weight is 328 g/mol. The molecule has 0 aliphatic rings. The predicted octanol–water partition coefficient (Wildman–Crippen LogP) is 1.95. The molecule has 0 amide bonds. The van der Waals surface area contributed by atoms with Crippen LogP contribution in [0, 0.1) is 3.57 Å². The van der Waals surface area contributed by atoms with E-state index in [9.17, 15) is 4.79 Å². The zero-order chi connectivity index (χ0) is 11.4. The van der Waals surface area contributed by atoms with Gasteiger partial charge in [-0.15, -0.1) is 0 Å². The highest BCUT2D eigenvalue weighted by Gasteiger charge is 1.97. The molecule has 0 atom stereocenters. The van der Waals surface area contributed by atoms with Gasteiger partial charge in [-0.25, -0.2) is 5.10 Å². The Labute approximate surface area is 106 Å².